The number of thiocarbonyl (C=S) groups is 1. The second-order valence-electron chi connectivity index (χ2n) is 3.24. The third-order valence-electron chi connectivity index (χ3n) is 1.75. The van der Waals surface area contributed by atoms with Crippen molar-refractivity contribution in [2.24, 2.45) is 10.8 Å². The fraction of sp³-hybridized carbons (Fsp3) is 0.111. The van der Waals surface area contributed by atoms with E-state index in [9.17, 15) is 13.0 Å². The molecule has 1 aromatic rings. The third-order valence-corrected chi connectivity index (χ3v) is 2.34. The Hall–Kier alpha value is -0.710. The van der Waals surface area contributed by atoms with Crippen LogP contribution in [0.4, 0.5) is 5.69 Å². The van der Waals surface area contributed by atoms with Crippen molar-refractivity contribution in [2.75, 3.05) is 11.2 Å². The molecule has 1 rings (SSSR count). The molecule has 0 aliphatic rings. The normalized spacial score (nSPS) is 10.8. The van der Waals surface area contributed by atoms with Gasteiger partial charge in [-0.15, -0.1) is 0 Å². The summed E-state index contributed by atoms with van der Waals surface area (Å²) in [5.74, 6) is -0.649. The van der Waals surface area contributed by atoms with Crippen molar-refractivity contribution in [3.63, 3.8) is 0 Å². The Morgan fingerprint density at radius 1 is 1.42 bits per heavy atom. The van der Waals surface area contributed by atoms with Crippen LogP contribution in [-0.4, -0.2) is 30.2 Å². The number of rotatable bonds is 5. The summed E-state index contributed by atoms with van der Waals surface area (Å²) in [6, 6.07) is 6.61. The van der Waals surface area contributed by atoms with Crippen molar-refractivity contribution in [3.05, 3.63) is 29.8 Å². The first-order valence-corrected chi connectivity index (χ1v) is 6.71. The van der Waals surface area contributed by atoms with Gasteiger partial charge in [0.25, 0.3) is 0 Å². The zero-order valence-electron chi connectivity index (χ0n) is 10.2. The molecule has 0 spiro atoms. The van der Waals surface area contributed by atoms with E-state index in [1.807, 2.05) is 0 Å². The van der Waals surface area contributed by atoms with Gasteiger partial charge in [-0.25, -0.2) is 8.42 Å². The zero-order valence-corrected chi connectivity index (χ0v) is 13.8. The summed E-state index contributed by atoms with van der Waals surface area (Å²) in [5, 5.41) is 6.29. The second-order valence-corrected chi connectivity index (χ2v) is 5.08. The molecule has 4 N–H and O–H groups in total. The van der Waals surface area contributed by atoms with Crippen LogP contribution in [0.15, 0.2) is 29.4 Å². The molecule has 0 radical (unpaired) electrons. The Balaban J connectivity index is 0.00000324. The molecule has 0 unspecified atom stereocenters. The van der Waals surface area contributed by atoms with Gasteiger partial charge >= 0.3 is 29.6 Å². The first-order valence-electron chi connectivity index (χ1n) is 4.73. The number of hydrazone groups is 1. The molecule has 0 aliphatic heterocycles. The van der Waals surface area contributed by atoms with Gasteiger partial charge in [0, 0.05) is 5.69 Å². The van der Waals surface area contributed by atoms with Crippen molar-refractivity contribution in [1.82, 2.24) is 5.43 Å². The average molecular weight is 310 g/mol. The molecule has 0 heterocycles. The molecular formula is C9H11N4NaO3S2. The Kier molecular flexibility index (Phi) is 8.14. The predicted octanol–water partition coefficient (Wildman–Crippen LogP) is -3.23. The van der Waals surface area contributed by atoms with Gasteiger partial charge in [0.1, 0.15) is 16.0 Å². The summed E-state index contributed by atoms with van der Waals surface area (Å²) in [5.41, 5.74) is 8.85. The summed E-state index contributed by atoms with van der Waals surface area (Å²) < 4.78 is 31.2. The van der Waals surface area contributed by atoms with Crippen LogP contribution >= 0.6 is 12.2 Å². The zero-order chi connectivity index (χ0) is 13.6. The van der Waals surface area contributed by atoms with Gasteiger partial charge in [0.15, 0.2) is 5.11 Å². The van der Waals surface area contributed by atoms with E-state index in [4.69, 9.17) is 5.73 Å². The first kappa shape index (κ1) is 18.3. The van der Waals surface area contributed by atoms with Gasteiger partial charge in [-0.1, -0.05) is 12.1 Å². The van der Waals surface area contributed by atoms with Gasteiger partial charge in [0.2, 0.25) is 0 Å². The minimum absolute atomic E-state index is 0. The number of benzene rings is 1. The SMILES string of the molecule is NC(=S)N/N=C/c1ccc(NCS(=O)(=O)[O-])cc1.[Na+]. The minimum atomic E-state index is -4.28. The van der Waals surface area contributed by atoms with Crippen LogP contribution in [0.2, 0.25) is 0 Å². The van der Waals surface area contributed by atoms with Crippen molar-refractivity contribution >= 4 is 39.4 Å². The molecule has 0 aromatic heterocycles. The molecule has 0 aliphatic carbocycles. The van der Waals surface area contributed by atoms with E-state index in [1.54, 1.807) is 24.3 Å². The summed E-state index contributed by atoms with van der Waals surface area (Å²) in [4.78, 5) is 0. The number of nitrogens with one attached hydrogen (secondary N) is 2. The molecule has 0 bridgehead atoms. The third kappa shape index (κ3) is 8.92. The van der Waals surface area contributed by atoms with Gasteiger partial charge in [-0.2, -0.15) is 5.10 Å². The van der Waals surface area contributed by atoms with Crippen LogP contribution < -0.4 is 46.0 Å². The quantitative estimate of drug-likeness (QED) is 0.172. The van der Waals surface area contributed by atoms with E-state index in [0.717, 1.165) is 5.56 Å². The van der Waals surface area contributed by atoms with Crippen molar-refractivity contribution < 1.29 is 42.5 Å². The fourth-order valence-corrected chi connectivity index (χ4v) is 1.43. The van der Waals surface area contributed by atoms with Crippen molar-refractivity contribution in [3.8, 4) is 0 Å². The molecule has 10 heteroatoms. The van der Waals surface area contributed by atoms with Gasteiger partial charge < -0.3 is 15.6 Å². The second kappa shape index (κ2) is 8.46. The summed E-state index contributed by atoms with van der Waals surface area (Å²) in [7, 11) is -4.28. The fourth-order valence-electron chi connectivity index (χ4n) is 1.03. The molecule has 7 nitrogen and oxygen atoms in total. The maximum Gasteiger partial charge on any atom is 1.00 e. The predicted molar refractivity (Wildman–Crippen MR) is 72.1 cm³/mol. The van der Waals surface area contributed by atoms with E-state index in [2.05, 4.69) is 28.1 Å². The van der Waals surface area contributed by atoms with Crippen LogP contribution in [0.3, 0.4) is 0 Å². The van der Waals surface area contributed by atoms with Crippen LogP contribution in [0.1, 0.15) is 5.56 Å². The number of anilines is 1. The van der Waals surface area contributed by atoms with Gasteiger partial charge in [0.05, 0.1) is 6.21 Å². The molecule has 0 saturated carbocycles. The summed E-state index contributed by atoms with van der Waals surface area (Å²) in [6.07, 6.45) is 1.49. The Bertz CT molecular complexity index is 545. The molecule has 98 valence electrons. The minimum Gasteiger partial charge on any atom is -0.747 e. The number of hydrogen-bond acceptors (Lipinski definition) is 6. The first-order chi connectivity index (χ1) is 8.37. The molecule has 19 heavy (non-hydrogen) atoms. The topological polar surface area (TPSA) is 120 Å². The standard InChI is InChI=1S/C9H12N4O3S2.Na/c10-9(17)13-12-5-7-1-3-8(4-2-7)11-6-18(14,15)16;/h1-5,11H,6H2,(H3,10,13,17)(H,14,15,16);/q;+1/p-1/b12-5+;. The van der Waals surface area contributed by atoms with Gasteiger partial charge in [-0.05, 0) is 29.9 Å². The van der Waals surface area contributed by atoms with Crippen LogP contribution in [0.5, 0.6) is 0 Å². The van der Waals surface area contributed by atoms with E-state index >= 15 is 0 Å². The molecule has 0 saturated heterocycles. The van der Waals surface area contributed by atoms with E-state index in [1.165, 1.54) is 6.21 Å². The maximum absolute atomic E-state index is 10.4. The summed E-state index contributed by atoms with van der Waals surface area (Å²) >= 11 is 4.56. The smallest absolute Gasteiger partial charge is 0.747 e. The van der Waals surface area contributed by atoms with E-state index < -0.39 is 16.0 Å². The molecule has 0 atom stereocenters. The maximum atomic E-state index is 10.4. The van der Waals surface area contributed by atoms with E-state index in [0.29, 0.717) is 5.69 Å². The average Bonchev–Trinajstić information content (AvgIpc) is 2.26. The summed E-state index contributed by atoms with van der Waals surface area (Å²) in [6.45, 7) is 0. The van der Waals surface area contributed by atoms with Crippen molar-refractivity contribution in [1.29, 1.82) is 0 Å². The Morgan fingerprint density at radius 2 is 2.00 bits per heavy atom. The molecule has 0 amide bonds. The molecule has 0 fully saturated rings. The number of hydrogen-bond donors (Lipinski definition) is 3. The number of nitrogens with two attached hydrogens (primary N) is 1. The Morgan fingerprint density at radius 3 is 2.47 bits per heavy atom. The van der Waals surface area contributed by atoms with Crippen LogP contribution in [0.25, 0.3) is 0 Å². The van der Waals surface area contributed by atoms with Gasteiger partial charge in [-0.3, -0.25) is 5.43 Å². The number of nitrogens with zero attached hydrogens (tertiary/aromatic N) is 1. The molecule has 1 aromatic carbocycles. The largest absolute Gasteiger partial charge is 1.00 e. The molecular weight excluding hydrogens is 299 g/mol. The van der Waals surface area contributed by atoms with E-state index in [-0.39, 0.29) is 34.7 Å². The van der Waals surface area contributed by atoms with Crippen LogP contribution in [0, 0.1) is 0 Å². The monoisotopic (exact) mass is 310 g/mol. The Labute approximate surface area is 138 Å². The van der Waals surface area contributed by atoms with Crippen molar-refractivity contribution in [2.45, 2.75) is 0 Å². The van der Waals surface area contributed by atoms with Crippen LogP contribution in [-0.2, 0) is 10.1 Å².